The van der Waals surface area contributed by atoms with Crippen LogP contribution in [0.25, 0.3) is 0 Å². The van der Waals surface area contributed by atoms with Crippen LogP contribution >= 0.6 is 11.5 Å². The average molecular weight is 237 g/mol. The molecule has 0 amide bonds. The van der Waals surface area contributed by atoms with Crippen LogP contribution in [0.1, 0.15) is 32.3 Å². The van der Waals surface area contributed by atoms with E-state index in [4.69, 9.17) is 0 Å². The minimum atomic E-state index is 0.00438. The van der Waals surface area contributed by atoms with Gasteiger partial charge in [-0.1, -0.05) is 20.8 Å². The van der Waals surface area contributed by atoms with E-state index in [0.29, 0.717) is 6.54 Å². The third-order valence-corrected chi connectivity index (χ3v) is 2.76. The normalized spacial score (nSPS) is 11.7. The monoisotopic (exact) mass is 237 g/mol. The average Bonchev–Trinajstić information content (AvgIpc) is 2.85. The molecule has 6 heteroatoms. The van der Waals surface area contributed by atoms with Gasteiger partial charge in [0, 0.05) is 23.1 Å². The van der Waals surface area contributed by atoms with E-state index in [2.05, 4.69) is 45.6 Å². The number of nitrogens with one attached hydrogen (secondary N) is 2. The van der Waals surface area contributed by atoms with E-state index in [1.54, 1.807) is 6.20 Å². The molecule has 0 bridgehead atoms. The summed E-state index contributed by atoms with van der Waals surface area (Å²) in [4.78, 5) is 4.44. The molecule has 0 unspecified atom stereocenters. The van der Waals surface area contributed by atoms with Crippen molar-refractivity contribution in [3.8, 4) is 0 Å². The summed E-state index contributed by atoms with van der Waals surface area (Å²) in [5, 5.41) is 10.8. The van der Waals surface area contributed by atoms with E-state index >= 15 is 0 Å². The third-order valence-electron chi connectivity index (χ3n) is 2.09. The summed E-state index contributed by atoms with van der Waals surface area (Å²) in [5.41, 5.74) is 1.04. The molecular weight excluding hydrogens is 222 g/mol. The van der Waals surface area contributed by atoms with Crippen LogP contribution in [-0.2, 0) is 12.0 Å². The zero-order valence-electron chi connectivity index (χ0n) is 9.61. The second-order valence-electron chi connectivity index (χ2n) is 4.61. The number of rotatable bonds is 3. The first-order valence-electron chi connectivity index (χ1n) is 5.12. The van der Waals surface area contributed by atoms with E-state index in [0.717, 1.165) is 16.6 Å². The topological polar surface area (TPSA) is 66.5 Å². The Morgan fingerprint density at radius 2 is 2.25 bits per heavy atom. The van der Waals surface area contributed by atoms with E-state index in [-0.39, 0.29) is 5.41 Å². The van der Waals surface area contributed by atoms with Gasteiger partial charge in [-0.25, -0.2) is 4.98 Å². The molecule has 0 fully saturated rings. The third kappa shape index (κ3) is 2.57. The number of hydrogen-bond donors (Lipinski definition) is 2. The van der Waals surface area contributed by atoms with E-state index in [9.17, 15) is 0 Å². The minimum absolute atomic E-state index is 0.00438. The highest BCUT2D eigenvalue weighted by molar-refractivity contribution is 7.09. The molecule has 2 heterocycles. The second-order valence-corrected chi connectivity index (χ2v) is 5.36. The quantitative estimate of drug-likeness (QED) is 0.858. The van der Waals surface area contributed by atoms with Crippen LogP contribution in [0.5, 0.6) is 0 Å². The number of anilines is 1. The van der Waals surface area contributed by atoms with Gasteiger partial charge in [-0.15, -0.1) is 0 Å². The van der Waals surface area contributed by atoms with Crippen molar-refractivity contribution < 1.29 is 0 Å². The molecule has 0 aromatic carbocycles. The van der Waals surface area contributed by atoms with Gasteiger partial charge < -0.3 is 5.32 Å². The van der Waals surface area contributed by atoms with Crippen molar-refractivity contribution in [2.45, 2.75) is 32.7 Å². The lowest BCUT2D eigenvalue weighted by atomic mass is 9.96. The zero-order chi connectivity index (χ0) is 11.6. The van der Waals surface area contributed by atoms with Crippen LogP contribution in [0.2, 0.25) is 0 Å². The Morgan fingerprint density at radius 3 is 2.81 bits per heavy atom. The van der Waals surface area contributed by atoms with Crippen molar-refractivity contribution in [3.63, 3.8) is 0 Å². The number of nitrogens with zero attached hydrogens (tertiary/aromatic N) is 3. The van der Waals surface area contributed by atoms with Crippen molar-refractivity contribution >= 4 is 16.7 Å². The fourth-order valence-electron chi connectivity index (χ4n) is 1.15. The van der Waals surface area contributed by atoms with Gasteiger partial charge in [0.2, 0.25) is 5.13 Å². The van der Waals surface area contributed by atoms with Gasteiger partial charge in [-0.3, -0.25) is 5.10 Å². The van der Waals surface area contributed by atoms with Crippen molar-refractivity contribution in [1.82, 2.24) is 19.6 Å². The highest BCUT2D eigenvalue weighted by atomic mass is 32.1. The molecular formula is C10H15N5S. The number of aromatic nitrogens is 4. The van der Waals surface area contributed by atoms with Gasteiger partial charge in [-0.05, 0) is 6.07 Å². The van der Waals surface area contributed by atoms with Crippen LogP contribution in [0.3, 0.4) is 0 Å². The molecule has 0 spiro atoms. The molecule has 0 radical (unpaired) electrons. The molecule has 0 saturated heterocycles. The predicted molar refractivity (Wildman–Crippen MR) is 64.5 cm³/mol. The van der Waals surface area contributed by atoms with E-state index in [1.807, 2.05) is 6.07 Å². The molecule has 5 nitrogen and oxygen atoms in total. The molecule has 0 atom stereocenters. The Hall–Kier alpha value is -1.43. The second kappa shape index (κ2) is 4.21. The molecule has 0 aliphatic heterocycles. The minimum Gasteiger partial charge on any atom is -0.355 e. The maximum absolute atomic E-state index is 4.44. The summed E-state index contributed by atoms with van der Waals surface area (Å²) in [7, 11) is 0. The van der Waals surface area contributed by atoms with E-state index in [1.165, 1.54) is 11.5 Å². The van der Waals surface area contributed by atoms with Crippen molar-refractivity contribution in [2.24, 2.45) is 0 Å². The SMILES string of the molecule is CC(C)(C)c1nsc(NCc2ccn[nH]2)n1. The Labute approximate surface area is 98.5 Å². The van der Waals surface area contributed by atoms with Gasteiger partial charge in [0.25, 0.3) is 0 Å². The summed E-state index contributed by atoms with van der Waals surface area (Å²) in [6.45, 7) is 7.01. The Balaban J connectivity index is 1.98. The molecule has 2 aromatic heterocycles. The summed E-state index contributed by atoms with van der Waals surface area (Å²) in [6, 6.07) is 1.93. The Kier molecular flexibility index (Phi) is 2.91. The van der Waals surface area contributed by atoms with E-state index < -0.39 is 0 Å². The number of hydrogen-bond acceptors (Lipinski definition) is 5. The van der Waals surface area contributed by atoms with Gasteiger partial charge in [0.1, 0.15) is 5.82 Å². The molecule has 2 rings (SSSR count). The summed E-state index contributed by atoms with van der Waals surface area (Å²) in [6.07, 6.45) is 1.73. The maximum Gasteiger partial charge on any atom is 0.202 e. The summed E-state index contributed by atoms with van der Waals surface area (Å²) in [5.74, 6) is 0.879. The lowest BCUT2D eigenvalue weighted by molar-refractivity contribution is 0.555. The number of aromatic amines is 1. The van der Waals surface area contributed by atoms with Crippen LogP contribution in [0.4, 0.5) is 5.13 Å². The van der Waals surface area contributed by atoms with Crippen LogP contribution in [0.15, 0.2) is 12.3 Å². The smallest absolute Gasteiger partial charge is 0.202 e. The molecule has 2 aromatic rings. The molecule has 2 N–H and O–H groups in total. The van der Waals surface area contributed by atoms with Crippen LogP contribution < -0.4 is 5.32 Å². The fourth-order valence-corrected chi connectivity index (χ4v) is 1.91. The van der Waals surface area contributed by atoms with Crippen LogP contribution in [-0.4, -0.2) is 19.6 Å². The van der Waals surface area contributed by atoms with Gasteiger partial charge in [0.15, 0.2) is 0 Å². The van der Waals surface area contributed by atoms with Crippen molar-refractivity contribution in [2.75, 3.05) is 5.32 Å². The first-order chi connectivity index (χ1) is 7.55. The summed E-state index contributed by atoms with van der Waals surface area (Å²) >= 11 is 1.39. The first kappa shape index (κ1) is 11.1. The van der Waals surface area contributed by atoms with Crippen LogP contribution in [0, 0.1) is 0 Å². The van der Waals surface area contributed by atoms with Crippen molar-refractivity contribution in [1.29, 1.82) is 0 Å². The standard InChI is InChI=1S/C10H15N5S/c1-10(2,3)8-13-9(16-15-8)11-6-7-4-5-12-14-7/h4-5H,6H2,1-3H3,(H,12,14)(H,11,13,15). The largest absolute Gasteiger partial charge is 0.355 e. The highest BCUT2D eigenvalue weighted by Gasteiger charge is 2.19. The first-order valence-corrected chi connectivity index (χ1v) is 5.89. The van der Waals surface area contributed by atoms with Crippen molar-refractivity contribution in [3.05, 3.63) is 23.8 Å². The lowest BCUT2D eigenvalue weighted by Gasteiger charge is -2.12. The maximum atomic E-state index is 4.44. The summed E-state index contributed by atoms with van der Waals surface area (Å²) < 4.78 is 4.33. The highest BCUT2D eigenvalue weighted by Crippen LogP contribution is 2.22. The lowest BCUT2D eigenvalue weighted by Crippen LogP contribution is -2.13. The molecule has 0 aliphatic carbocycles. The van der Waals surface area contributed by atoms with Gasteiger partial charge in [0.05, 0.1) is 12.2 Å². The van der Waals surface area contributed by atoms with Gasteiger partial charge >= 0.3 is 0 Å². The fraction of sp³-hybridized carbons (Fsp3) is 0.500. The predicted octanol–water partition coefficient (Wildman–Crippen LogP) is 2.17. The molecule has 16 heavy (non-hydrogen) atoms. The Bertz CT molecular complexity index is 440. The molecule has 0 saturated carbocycles. The van der Waals surface area contributed by atoms with Gasteiger partial charge in [-0.2, -0.15) is 9.47 Å². The molecule has 0 aliphatic rings. The Morgan fingerprint density at radius 1 is 1.44 bits per heavy atom. The number of H-pyrrole nitrogens is 1. The zero-order valence-corrected chi connectivity index (χ0v) is 10.4. The molecule has 86 valence electrons.